The van der Waals surface area contributed by atoms with Gasteiger partial charge < -0.3 is 4.74 Å². The van der Waals surface area contributed by atoms with Crippen molar-refractivity contribution < 1.29 is 9.53 Å². The molecule has 2 nitrogen and oxygen atoms in total. The number of hydrogen-bond donors (Lipinski definition) is 0. The molecule has 1 saturated heterocycles. The van der Waals surface area contributed by atoms with Gasteiger partial charge in [-0.1, -0.05) is 6.08 Å². The monoisotopic (exact) mass is 136 g/mol. The third-order valence-corrected chi connectivity index (χ3v) is 1.84. The molecule has 0 saturated carbocycles. The molecular weight excluding hydrogens is 128 g/mol. The first-order valence-electron chi connectivity index (χ1n) is 3.43. The first kappa shape index (κ1) is 5.71. The van der Waals surface area contributed by atoms with Crippen LogP contribution >= 0.6 is 0 Å². The number of hydrogen-bond acceptors (Lipinski definition) is 2. The van der Waals surface area contributed by atoms with Gasteiger partial charge >= 0.3 is 0 Å². The summed E-state index contributed by atoms with van der Waals surface area (Å²) in [5.41, 5.74) is 0. The predicted octanol–water partition coefficient (Wildman–Crippen LogP) is 1.05. The number of rotatable bonds is 0. The summed E-state index contributed by atoms with van der Waals surface area (Å²) in [6.45, 7) is 0.758. The highest BCUT2D eigenvalue weighted by Crippen LogP contribution is 2.27. The van der Waals surface area contributed by atoms with Crippen molar-refractivity contribution in [1.29, 1.82) is 0 Å². The maximum absolute atomic E-state index is 10.8. The minimum atomic E-state index is 0.0492. The zero-order valence-corrected chi connectivity index (χ0v) is 5.54. The minimum Gasteiger partial charge on any atom is -0.497 e. The van der Waals surface area contributed by atoms with Crippen LogP contribution in [0.5, 0.6) is 0 Å². The van der Waals surface area contributed by atoms with Crippen LogP contribution in [0.4, 0.5) is 0 Å². The molecule has 2 heteroatoms. The summed E-state index contributed by atoms with van der Waals surface area (Å²) in [7, 11) is 0. The van der Waals surface area contributed by atoms with E-state index in [4.69, 9.17) is 4.74 Å². The van der Waals surface area contributed by atoms with Gasteiger partial charge in [-0.2, -0.15) is 0 Å². The van der Waals surface area contributed by atoms with Crippen LogP contribution in [0, 0.1) is 5.92 Å². The third-order valence-electron chi connectivity index (χ3n) is 1.84. The van der Waals surface area contributed by atoms with Gasteiger partial charge in [0, 0.05) is 12.0 Å². The Balaban J connectivity index is 2.30. The summed E-state index contributed by atoms with van der Waals surface area (Å²) in [4.78, 5) is 10.8. The van der Waals surface area contributed by atoms with Crippen LogP contribution in [0.1, 0.15) is 6.42 Å². The van der Waals surface area contributed by atoms with Crippen LogP contribution in [0.3, 0.4) is 0 Å². The number of ketones is 1. The van der Waals surface area contributed by atoms with Gasteiger partial charge in [-0.3, -0.25) is 4.79 Å². The van der Waals surface area contributed by atoms with Crippen molar-refractivity contribution >= 4 is 5.78 Å². The quantitative estimate of drug-likeness (QED) is 0.497. The van der Waals surface area contributed by atoms with E-state index in [1.54, 1.807) is 12.2 Å². The number of allylic oxidation sites excluding steroid dienone is 3. The van der Waals surface area contributed by atoms with Crippen molar-refractivity contribution in [1.82, 2.24) is 0 Å². The van der Waals surface area contributed by atoms with E-state index in [-0.39, 0.29) is 5.78 Å². The molecule has 1 aliphatic heterocycles. The van der Waals surface area contributed by atoms with Crippen LogP contribution < -0.4 is 0 Å². The number of fused-ring (bicyclic) bond motifs is 1. The molecular formula is C8H8O2. The molecule has 0 aromatic heterocycles. The molecule has 52 valence electrons. The van der Waals surface area contributed by atoms with Crippen molar-refractivity contribution in [3.63, 3.8) is 0 Å². The molecule has 2 aliphatic rings. The fourth-order valence-corrected chi connectivity index (χ4v) is 1.29. The number of ether oxygens (including phenoxy) is 1. The Morgan fingerprint density at radius 3 is 3.40 bits per heavy atom. The zero-order valence-electron chi connectivity index (χ0n) is 5.54. The molecule has 0 aromatic carbocycles. The molecule has 10 heavy (non-hydrogen) atoms. The van der Waals surface area contributed by atoms with Crippen molar-refractivity contribution in [2.75, 3.05) is 6.61 Å². The first-order chi connectivity index (χ1) is 4.86. The van der Waals surface area contributed by atoms with Crippen molar-refractivity contribution in [2.24, 2.45) is 5.92 Å². The molecule has 0 aromatic rings. The molecule has 1 heterocycles. The fourth-order valence-electron chi connectivity index (χ4n) is 1.29. The summed E-state index contributed by atoms with van der Waals surface area (Å²) >= 11 is 0. The molecule has 1 fully saturated rings. The normalized spacial score (nSPS) is 29.4. The Hall–Kier alpha value is -1.05. The first-order valence-corrected chi connectivity index (χ1v) is 3.43. The standard InChI is InChI=1S/C8H8O2/c9-7-2-1-6-3-4-10-8(6)5-7/h1-2,5-6H,3-4H2. The van der Waals surface area contributed by atoms with E-state index in [2.05, 4.69) is 0 Å². The summed E-state index contributed by atoms with van der Waals surface area (Å²) < 4.78 is 5.22. The van der Waals surface area contributed by atoms with E-state index >= 15 is 0 Å². The van der Waals surface area contributed by atoms with Gasteiger partial charge in [0.2, 0.25) is 0 Å². The van der Waals surface area contributed by atoms with Crippen LogP contribution in [-0.4, -0.2) is 12.4 Å². The van der Waals surface area contributed by atoms with Gasteiger partial charge in [-0.15, -0.1) is 0 Å². The van der Waals surface area contributed by atoms with Gasteiger partial charge in [0.1, 0.15) is 5.76 Å². The zero-order chi connectivity index (χ0) is 6.97. The van der Waals surface area contributed by atoms with Crippen molar-refractivity contribution in [3.05, 3.63) is 24.0 Å². The summed E-state index contributed by atoms with van der Waals surface area (Å²) in [5.74, 6) is 1.29. The van der Waals surface area contributed by atoms with E-state index in [1.165, 1.54) is 0 Å². The van der Waals surface area contributed by atoms with E-state index in [1.807, 2.05) is 6.08 Å². The van der Waals surface area contributed by atoms with E-state index in [0.717, 1.165) is 18.8 Å². The molecule has 2 rings (SSSR count). The van der Waals surface area contributed by atoms with Gasteiger partial charge in [-0.25, -0.2) is 0 Å². The highest BCUT2D eigenvalue weighted by Gasteiger charge is 2.23. The highest BCUT2D eigenvalue weighted by molar-refractivity contribution is 6.00. The van der Waals surface area contributed by atoms with Crippen LogP contribution in [-0.2, 0) is 9.53 Å². The maximum Gasteiger partial charge on any atom is 0.181 e. The lowest BCUT2D eigenvalue weighted by Crippen LogP contribution is -2.02. The second-order valence-corrected chi connectivity index (χ2v) is 2.55. The topological polar surface area (TPSA) is 26.3 Å². The van der Waals surface area contributed by atoms with Crippen LogP contribution in [0.25, 0.3) is 0 Å². The van der Waals surface area contributed by atoms with E-state index in [9.17, 15) is 4.79 Å². The Morgan fingerprint density at radius 2 is 2.50 bits per heavy atom. The van der Waals surface area contributed by atoms with Crippen LogP contribution in [0.15, 0.2) is 24.0 Å². The third kappa shape index (κ3) is 0.764. The summed E-state index contributed by atoms with van der Waals surface area (Å²) in [6, 6.07) is 0. The maximum atomic E-state index is 10.8. The molecule has 0 bridgehead atoms. The molecule has 1 aliphatic carbocycles. The fraction of sp³-hybridized carbons (Fsp3) is 0.375. The van der Waals surface area contributed by atoms with Gasteiger partial charge in [0.25, 0.3) is 0 Å². The molecule has 1 atom stereocenters. The minimum absolute atomic E-state index is 0.0492. The Labute approximate surface area is 59.2 Å². The van der Waals surface area contributed by atoms with Crippen molar-refractivity contribution in [3.8, 4) is 0 Å². The van der Waals surface area contributed by atoms with Gasteiger partial charge in [0.15, 0.2) is 5.78 Å². The van der Waals surface area contributed by atoms with Gasteiger partial charge in [-0.05, 0) is 12.5 Å². The Bertz CT molecular complexity index is 225. The smallest absolute Gasteiger partial charge is 0.181 e. The second kappa shape index (κ2) is 1.97. The SMILES string of the molecule is O=C1C=CC2CCOC2=C1. The van der Waals surface area contributed by atoms with E-state index in [0.29, 0.717) is 5.92 Å². The average molecular weight is 136 g/mol. The molecule has 1 unspecified atom stereocenters. The molecule has 0 N–H and O–H groups in total. The molecule has 0 amide bonds. The van der Waals surface area contributed by atoms with Crippen molar-refractivity contribution in [2.45, 2.75) is 6.42 Å². The summed E-state index contributed by atoms with van der Waals surface area (Å²) in [5, 5.41) is 0. The van der Waals surface area contributed by atoms with Crippen LogP contribution in [0.2, 0.25) is 0 Å². The summed E-state index contributed by atoms with van der Waals surface area (Å²) in [6.07, 6.45) is 6.14. The predicted molar refractivity (Wildman–Crippen MR) is 36.3 cm³/mol. The largest absolute Gasteiger partial charge is 0.497 e. The number of carbonyl (C=O) groups excluding carboxylic acids is 1. The average Bonchev–Trinajstić information content (AvgIpc) is 2.33. The molecule has 0 spiro atoms. The lowest BCUT2D eigenvalue weighted by molar-refractivity contribution is -0.110. The number of carbonyl (C=O) groups is 1. The second-order valence-electron chi connectivity index (χ2n) is 2.55. The van der Waals surface area contributed by atoms with Gasteiger partial charge in [0.05, 0.1) is 6.61 Å². The molecule has 0 radical (unpaired) electrons. The highest BCUT2D eigenvalue weighted by atomic mass is 16.5. The lowest BCUT2D eigenvalue weighted by atomic mass is 10.00. The lowest BCUT2D eigenvalue weighted by Gasteiger charge is -2.06. The van der Waals surface area contributed by atoms with E-state index < -0.39 is 0 Å². The Kier molecular flexibility index (Phi) is 1.13. The Morgan fingerprint density at radius 1 is 1.60 bits per heavy atom.